The van der Waals surface area contributed by atoms with Gasteiger partial charge in [-0.1, -0.05) is 6.07 Å². The summed E-state index contributed by atoms with van der Waals surface area (Å²) >= 11 is 0. The van der Waals surface area contributed by atoms with E-state index >= 15 is 0 Å². The zero-order chi connectivity index (χ0) is 23.1. The van der Waals surface area contributed by atoms with Crippen molar-refractivity contribution < 1.29 is 23.9 Å². The minimum absolute atomic E-state index is 0.0216. The number of benzene rings is 1. The third-order valence-electron chi connectivity index (χ3n) is 6.24. The zero-order valence-corrected chi connectivity index (χ0v) is 17.6. The van der Waals surface area contributed by atoms with Gasteiger partial charge < -0.3 is 24.3 Å². The zero-order valence-electron chi connectivity index (χ0n) is 17.6. The van der Waals surface area contributed by atoms with Crippen LogP contribution in [0.5, 0.6) is 0 Å². The van der Waals surface area contributed by atoms with Crippen LogP contribution in [-0.2, 0) is 6.54 Å². The third-order valence-corrected chi connectivity index (χ3v) is 6.24. The number of furan rings is 1. The monoisotopic (exact) mass is 447 g/mol. The van der Waals surface area contributed by atoms with Crippen LogP contribution >= 0.6 is 0 Å². The van der Waals surface area contributed by atoms with Gasteiger partial charge in [0.15, 0.2) is 5.76 Å². The molecule has 2 aromatic heterocycles. The van der Waals surface area contributed by atoms with Crippen molar-refractivity contribution in [1.82, 2.24) is 9.47 Å². The molecule has 2 aliphatic heterocycles. The first-order valence-corrected chi connectivity index (χ1v) is 10.6. The summed E-state index contributed by atoms with van der Waals surface area (Å²) < 4.78 is 6.76. The average molecular weight is 447 g/mol. The highest BCUT2D eigenvalue weighted by Crippen LogP contribution is 2.36. The van der Waals surface area contributed by atoms with Crippen LogP contribution in [0.2, 0.25) is 0 Å². The molecule has 2 atom stereocenters. The van der Waals surface area contributed by atoms with Crippen molar-refractivity contribution in [3.8, 4) is 0 Å². The molecule has 2 amide bonds. The number of aromatic carboxylic acids is 1. The second-order valence-electron chi connectivity index (χ2n) is 8.41. The number of likely N-dealkylation sites (tertiary alicyclic amines) is 1. The minimum Gasteiger partial charge on any atom is -0.478 e. The lowest BCUT2D eigenvalue weighted by Gasteiger charge is -2.43. The highest BCUT2D eigenvalue weighted by Gasteiger charge is 2.37. The molecule has 9 heteroatoms. The van der Waals surface area contributed by atoms with Gasteiger partial charge in [-0.15, -0.1) is 0 Å². The lowest BCUT2D eigenvalue weighted by atomic mass is 9.83. The molecule has 1 fully saturated rings. The predicted molar refractivity (Wildman–Crippen MR) is 118 cm³/mol. The number of carboxylic acid groups (broad SMARTS) is 1. The van der Waals surface area contributed by atoms with Gasteiger partial charge in [-0.3, -0.25) is 14.4 Å². The Morgan fingerprint density at radius 2 is 1.82 bits per heavy atom. The maximum atomic E-state index is 13.1. The van der Waals surface area contributed by atoms with Crippen molar-refractivity contribution in [2.75, 3.05) is 18.4 Å². The van der Waals surface area contributed by atoms with E-state index in [-0.39, 0.29) is 40.3 Å². The van der Waals surface area contributed by atoms with E-state index in [2.05, 4.69) is 5.32 Å². The van der Waals surface area contributed by atoms with Crippen LogP contribution in [0.4, 0.5) is 5.69 Å². The van der Waals surface area contributed by atoms with Crippen molar-refractivity contribution >= 4 is 23.5 Å². The Labute approximate surface area is 188 Å². The van der Waals surface area contributed by atoms with E-state index < -0.39 is 11.9 Å². The van der Waals surface area contributed by atoms with E-state index in [9.17, 15) is 24.3 Å². The largest absolute Gasteiger partial charge is 0.478 e. The van der Waals surface area contributed by atoms with E-state index in [1.54, 1.807) is 33.7 Å². The van der Waals surface area contributed by atoms with Gasteiger partial charge in [0.2, 0.25) is 0 Å². The first-order chi connectivity index (χ1) is 15.9. The Balaban J connectivity index is 1.38. The van der Waals surface area contributed by atoms with Gasteiger partial charge in [-0.05, 0) is 54.8 Å². The first kappa shape index (κ1) is 20.7. The van der Waals surface area contributed by atoms with Crippen LogP contribution in [0.25, 0.3) is 0 Å². The van der Waals surface area contributed by atoms with Gasteiger partial charge >= 0.3 is 5.97 Å². The van der Waals surface area contributed by atoms with Crippen LogP contribution < -0.4 is 10.9 Å². The van der Waals surface area contributed by atoms with Crippen LogP contribution in [0.15, 0.2) is 64.0 Å². The Morgan fingerprint density at radius 3 is 2.58 bits per heavy atom. The fourth-order valence-corrected chi connectivity index (χ4v) is 4.77. The van der Waals surface area contributed by atoms with Crippen molar-refractivity contribution in [1.29, 1.82) is 0 Å². The highest BCUT2D eigenvalue weighted by molar-refractivity contribution is 6.02. The number of carbonyl (C=O) groups is 3. The number of piperidine rings is 1. The van der Waals surface area contributed by atoms with Crippen LogP contribution in [0.1, 0.15) is 49.3 Å². The summed E-state index contributed by atoms with van der Waals surface area (Å²) in [6, 6.07) is 12.6. The number of nitrogens with one attached hydrogen (secondary N) is 1. The van der Waals surface area contributed by atoms with Crippen molar-refractivity contribution in [2.24, 2.45) is 5.92 Å². The molecule has 2 N–H and O–H groups in total. The number of carboxylic acids is 1. The molecule has 2 bridgehead atoms. The maximum Gasteiger partial charge on any atom is 0.335 e. The molecular weight excluding hydrogens is 426 g/mol. The standard InChI is InChI=1S/C24H21N3O6/c28-21(20-5-2-8-33-20)25-18-6-7-19-17-9-14(12-27(19)23(18)30)11-26(13-17)22(29)15-3-1-4-16(10-15)24(31)32/h1-8,10,14,17H,9,11-13H2,(H,25,28)(H,31,32)/t14-,17-/m1/s1. The maximum absolute atomic E-state index is 13.1. The van der Waals surface area contributed by atoms with Gasteiger partial charge in [0.05, 0.1) is 11.8 Å². The molecule has 0 unspecified atom stereocenters. The molecule has 9 nitrogen and oxygen atoms in total. The predicted octanol–water partition coefficient (Wildman–Crippen LogP) is 2.65. The summed E-state index contributed by atoms with van der Waals surface area (Å²) in [5.41, 5.74) is 1.13. The third kappa shape index (κ3) is 3.82. The van der Waals surface area contributed by atoms with Crippen molar-refractivity contribution in [2.45, 2.75) is 18.9 Å². The molecule has 1 aromatic carbocycles. The summed E-state index contributed by atoms with van der Waals surface area (Å²) in [5, 5.41) is 11.8. The van der Waals surface area contributed by atoms with Crippen molar-refractivity contribution in [3.63, 3.8) is 0 Å². The van der Waals surface area contributed by atoms with Gasteiger partial charge in [0.1, 0.15) is 5.69 Å². The minimum atomic E-state index is -1.08. The fraction of sp³-hybridized carbons (Fsp3) is 0.250. The number of pyridine rings is 1. The van der Waals surface area contributed by atoms with E-state index in [0.29, 0.717) is 25.2 Å². The molecule has 0 saturated carbocycles. The van der Waals surface area contributed by atoms with E-state index in [4.69, 9.17) is 4.42 Å². The number of hydrogen-bond acceptors (Lipinski definition) is 5. The smallest absolute Gasteiger partial charge is 0.335 e. The number of amides is 2. The Hall–Kier alpha value is -4.14. The Bertz CT molecular complexity index is 1310. The summed E-state index contributed by atoms with van der Waals surface area (Å²) in [6.07, 6.45) is 2.25. The Kier molecular flexibility index (Phi) is 5.08. The van der Waals surface area contributed by atoms with Gasteiger partial charge in [0, 0.05) is 36.8 Å². The lowest BCUT2D eigenvalue weighted by molar-refractivity contribution is 0.0594. The topological polar surface area (TPSA) is 122 Å². The number of carbonyl (C=O) groups excluding carboxylic acids is 2. The molecule has 0 radical (unpaired) electrons. The quantitative estimate of drug-likeness (QED) is 0.634. The Morgan fingerprint density at radius 1 is 1.00 bits per heavy atom. The highest BCUT2D eigenvalue weighted by atomic mass is 16.4. The van der Waals surface area contributed by atoms with E-state index in [1.807, 2.05) is 6.07 Å². The molecule has 0 aliphatic carbocycles. The molecule has 4 heterocycles. The van der Waals surface area contributed by atoms with Crippen LogP contribution in [0, 0.1) is 5.92 Å². The summed E-state index contributed by atoms with van der Waals surface area (Å²) in [5.74, 6) is -1.61. The molecule has 3 aromatic rings. The van der Waals surface area contributed by atoms with Crippen molar-refractivity contribution in [3.05, 3.63) is 87.7 Å². The van der Waals surface area contributed by atoms with Crippen LogP contribution in [0.3, 0.4) is 0 Å². The molecule has 1 saturated heterocycles. The average Bonchev–Trinajstić information content (AvgIpc) is 3.36. The summed E-state index contributed by atoms with van der Waals surface area (Å²) in [4.78, 5) is 51.4. The number of hydrogen-bond donors (Lipinski definition) is 2. The fourth-order valence-electron chi connectivity index (χ4n) is 4.77. The second kappa shape index (κ2) is 8.09. The van der Waals surface area contributed by atoms with Crippen LogP contribution in [-0.4, -0.2) is 45.4 Å². The number of nitrogens with zero attached hydrogens (tertiary/aromatic N) is 2. The lowest BCUT2D eigenvalue weighted by Crippen LogP contribution is -2.49. The SMILES string of the molecule is O=C(O)c1cccc(C(=O)N2C[C@H]3C[C@H](C2)c2ccc(NC(=O)c4ccco4)c(=O)n2C3)c1. The molecule has 33 heavy (non-hydrogen) atoms. The summed E-state index contributed by atoms with van der Waals surface area (Å²) in [7, 11) is 0. The van der Waals surface area contributed by atoms with E-state index in [0.717, 1.165) is 12.1 Å². The van der Waals surface area contributed by atoms with Gasteiger partial charge in [-0.25, -0.2) is 4.79 Å². The molecular formula is C24H21N3O6. The molecule has 5 rings (SSSR count). The number of rotatable bonds is 4. The first-order valence-electron chi connectivity index (χ1n) is 10.6. The molecule has 0 spiro atoms. The summed E-state index contributed by atoms with van der Waals surface area (Å²) in [6.45, 7) is 1.35. The van der Waals surface area contributed by atoms with E-state index in [1.165, 1.54) is 24.5 Å². The molecule has 168 valence electrons. The number of fused-ring (bicyclic) bond motifs is 4. The van der Waals surface area contributed by atoms with Gasteiger partial charge in [-0.2, -0.15) is 0 Å². The number of anilines is 1. The normalized spacial score (nSPS) is 19.0. The molecule has 2 aliphatic rings. The second-order valence-corrected chi connectivity index (χ2v) is 8.41. The van der Waals surface area contributed by atoms with Gasteiger partial charge in [0.25, 0.3) is 17.4 Å². The number of aromatic nitrogens is 1.